The van der Waals surface area contributed by atoms with E-state index in [1.165, 1.54) is 0 Å². The van der Waals surface area contributed by atoms with Gasteiger partial charge in [-0.2, -0.15) is 0 Å². The van der Waals surface area contributed by atoms with Crippen LogP contribution < -0.4 is 5.73 Å². The van der Waals surface area contributed by atoms with E-state index in [1.54, 1.807) is 0 Å². The Kier molecular flexibility index (Phi) is 3.51. The number of halogens is 2. The molecule has 0 aliphatic heterocycles. The lowest BCUT2D eigenvalue weighted by Gasteiger charge is -2.05. The number of anilines is 1. The van der Waals surface area contributed by atoms with Crippen molar-refractivity contribution in [3.63, 3.8) is 0 Å². The minimum atomic E-state index is -3.13. The third-order valence-electron chi connectivity index (χ3n) is 1.87. The maximum atomic E-state index is 12.5. The van der Waals surface area contributed by atoms with Crippen LogP contribution in [-0.4, -0.2) is 23.0 Å². The van der Waals surface area contributed by atoms with Crippen LogP contribution in [0.5, 0.6) is 0 Å². The fourth-order valence-electron chi connectivity index (χ4n) is 1.10. The number of methoxy groups -OCH3 is 1. The van der Waals surface area contributed by atoms with Crippen LogP contribution in [0.2, 0.25) is 0 Å². The predicted octanol–water partition coefficient (Wildman–Crippen LogP) is 1.30. The van der Waals surface area contributed by atoms with E-state index in [9.17, 15) is 23.7 Å². The Morgan fingerprint density at radius 1 is 1.65 bits per heavy atom. The van der Waals surface area contributed by atoms with Crippen LogP contribution in [0.25, 0.3) is 0 Å². The summed E-state index contributed by atoms with van der Waals surface area (Å²) in [6.45, 7) is 0. The molecule has 1 heterocycles. The largest absolute Gasteiger partial charge is 0.465 e. The molecule has 7 nitrogen and oxygen atoms in total. The van der Waals surface area contributed by atoms with E-state index in [0.29, 0.717) is 6.07 Å². The molecule has 9 heteroatoms. The number of nitrogens with zero attached hydrogens (tertiary/aromatic N) is 2. The lowest BCUT2D eigenvalue weighted by molar-refractivity contribution is -0.389. The molecule has 0 aliphatic rings. The van der Waals surface area contributed by atoms with E-state index in [1.807, 2.05) is 0 Å². The van der Waals surface area contributed by atoms with Crippen LogP contribution in [-0.2, 0) is 4.74 Å². The molecule has 0 unspecified atom stereocenters. The van der Waals surface area contributed by atoms with E-state index < -0.39 is 40.1 Å². The first-order valence-electron chi connectivity index (χ1n) is 4.19. The average molecular weight is 247 g/mol. The first kappa shape index (κ1) is 12.7. The van der Waals surface area contributed by atoms with E-state index in [4.69, 9.17) is 5.73 Å². The van der Waals surface area contributed by atoms with Crippen LogP contribution >= 0.6 is 0 Å². The van der Waals surface area contributed by atoms with Gasteiger partial charge in [-0.15, -0.1) is 0 Å². The Hall–Kier alpha value is -2.32. The number of hydrogen-bond acceptors (Lipinski definition) is 6. The van der Waals surface area contributed by atoms with Crippen molar-refractivity contribution in [3.05, 3.63) is 27.4 Å². The monoisotopic (exact) mass is 247 g/mol. The number of carbonyl (C=O) groups excluding carboxylic acids is 1. The molecule has 2 N–H and O–H groups in total. The zero-order valence-electron chi connectivity index (χ0n) is 8.52. The summed E-state index contributed by atoms with van der Waals surface area (Å²) in [5.74, 6) is -1.94. The van der Waals surface area contributed by atoms with Gasteiger partial charge in [0.2, 0.25) is 5.69 Å². The minimum Gasteiger partial charge on any atom is -0.465 e. The number of rotatable bonds is 3. The molecule has 1 rings (SSSR count). The van der Waals surface area contributed by atoms with Crippen molar-refractivity contribution in [2.24, 2.45) is 0 Å². The highest BCUT2D eigenvalue weighted by Gasteiger charge is 2.28. The molecule has 1 aromatic rings. The van der Waals surface area contributed by atoms with Gasteiger partial charge in [-0.3, -0.25) is 0 Å². The Balaban J connectivity index is 3.48. The molecule has 0 atom stereocenters. The Morgan fingerprint density at radius 3 is 2.65 bits per heavy atom. The second kappa shape index (κ2) is 4.68. The first-order valence-corrected chi connectivity index (χ1v) is 4.19. The summed E-state index contributed by atoms with van der Waals surface area (Å²) in [4.78, 5) is 23.7. The molecule has 17 heavy (non-hydrogen) atoms. The zero-order chi connectivity index (χ0) is 13.2. The van der Waals surface area contributed by atoms with Crippen LogP contribution in [0.1, 0.15) is 22.5 Å². The summed E-state index contributed by atoms with van der Waals surface area (Å²) < 4.78 is 29.3. The lowest BCUT2D eigenvalue weighted by atomic mass is 10.1. The van der Waals surface area contributed by atoms with Gasteiger partial charge in [0.1, 0.15) is 5.69 Å². The number of nitro groups is 1. The fraction of sp³-hybridized carbons (Fsp3) is 0.250. The maximum absolute atomic E-state index is 12.5. The zero-order valence-corrected chi connectivity index (χ0v) is 8.52. The smallest absolute Gasteiger partial charge is 0.364 e. The molecule has 92 valence electrons. The molecule has 0 aromatic carbocycles. The van der Waals surface area contributed by atoms with Crippen LogP contribution in [0.3, 0.4) is 0 Å². The molecular weight excluding hydrogens is 240 g/mol. The topological polar surface area (TPSA) is 108 Å². The molecule has 0 saturated carbocycles. The highest BCUT2D eigenvalue weighted by molar-refractivity contribution is 5.96. The quantitative estimate of drug-likeness (QED) is 0.489. The summed E-state index contributed by atoms with van der Waals surface area (Å²) in [7, 11) is 0.996. The fourth-order valence-corrected chi connectivity index (χ4v) is 1.10. The van der Waals surface area contributed by atoms with Gasteiger partial charge in [0, 0.05) is 0 Å². The van der Waals surface area contributed by atoms with Gasteiger partial charge in [0.15, 0.2) is 0 Å². The van der Waals surface area contributed by atoms with Crippen LogP contribution in [0.4, 0.5) is 20.3 Å². The van der Waals surface area contributed by atoms with Crippen molar-refractivity contribution in [2.75, 3.05) is 12.8 Å². The van der Waals surface area contributed by atoms with E-state index in [2.05, 4.69) is 9.72 Å². The number of pyridine rings is 1. The number of nitrogen functional groups attached to an aromatic ring is 1. The Morgan fingerprint density at radius 2 is 2.24 bits per heavy atom. The number of ether oxygens (including phenoxy) is 1. The Bertz CT molecular complexity index is 478. The van der Waals surface area contributed by atoms with E-state index in [-0.39, 0.29) is 0 Å². The number of alkyl halides is 2. The molecule has 0 bridgehead atoms. The van der Waals surface area contributed by atoms with Gasteiger partial charge in [0.05, 0.1) is 18.7 Å². The predicted molar refractivity (Wildman–Crippen MR) is 51.6 cm³/mol. The second-order valence-corrected chi connectivity index (χ2v) is 2.88. The van der Waals surface area contributed by atoms with Crippen molar-refractivity contribution >= 4 is 17.5 Å². The SMILES string of the molecule is COC(=O)c1cc([N+](=O)[O-])nc(C(F)F)c1N. The molecule has 0 aliphatic carbocycles. The van der Waals surface area contributed by atoms with Gasteiger partial charge >= 0.3 is 18.2 Å². The van der Waals surface area contributed by atoms with Gasteiger partial charge in [-0.05, 0) is 9.91 Å². The van der Waals surface area contributed by atoms with Crippen molar-refractivity contribution in [3.8, 4) is 0 Å². The summed E-state index contributed by atoms with van der Waals surface area (Å²) in [6, 6.07) is 0.688. The van der Waals surface area contributed by atoms with Gasteiger partial charge in [-0.25, -0.2) is 13.6 Å². The summed E-state index contributed by atoms with van der Waals surface area (Å²) in [6.07, 6.45) is -3.13. The third-order valence-corrected chi connectivity index (χ3v) is 1.87. The average Bonchev–Trinajstić information content (AvgIpc) is 2.27. The van der Waals surface area contributed by atoms with Crippen molar-refractivity contribution in [1.82, 2.24) is 4.98 Å². The normalized spacial score (nSPS) is 10.4. The molecule has 0 amide bonds. The van der Waals surface area contributed by atoms with Gasteiger partial charge < -0.3 is 20.6 Å². The lowest BCUT2D eigenvalue weighted by Crippen LogP contribution is -2.11. The van der Waals surface area contributed by atoms with Crippen molar-refractivity contribution in [2.45, 2.75) is 6.43 Å². The highest BCUT2D eigenvalue weighted by Crippen LogP contribution is 2.29. The number of carbonyl (C=O) groups is 1. The number of aromatic nitrogens is 1. The molecule has 0 spiro atoms. The van der Waals surface area contributed by atoms with Crippen molar-refractivity contribution in [1.29, 1.82) is 0 Å². The van der Waals surface area contributed by atoms with Crippen LogP contribution in [0.15, 0.2) is 6.07 Å². The third kappa shape index (κ3) is 2.44. The molecule has 0 saturated heterocycles. The van der Waals surface area contributed by atoms with E-state index >= 15 is 0 Å². The molecule has 0 fully saturated rings. The molecule has 0 radical (unpaired) electrons. The minimum absolute atomic E-state index is 0.510. The number of nitrogens with two attached hydrogens (primary N) is 1. The maximum Gasteiger partial charge on any atom is 0.364 e. The Labute approximate surface area is 93.3 Å². The second-order valence-electron chi connectivity index (χ2n) is 2.88. The standard InChI is InChI=1S/C8H7F2N3O4/c1-17-8(14)3-2-4(13(15)16)12-6(5(3)11)7(9)10/h2,7H,11H2,1H3. The van der Waals surface area contributed by atoms with Gasteiger partial charge in [0.25, 0.3) is 0 Å². The number of hydrogen-bond donors (Lipinski definition) is 1. The summed E-state index contributed by atoms with van der Waals surface area (Å²) >= 11 is 0. The molecule has 1 aromatic heterocycles. The van der Waals surface area contributed by atoms with Gasteiger partial charge in [-0.1, -0.05) is 0 Å². The highest BCUT2D eigenvalue weighted by atomic mass is 19.3. The van der Waals surface area contributed by atoms with Crippen LogP contribution in [0, 0.1) is 10.1 Å². The number of esters is 1. The first-order chi connectivity index (χ1) is 7.88. The van der Waals surface area contributed by atoms with Crippen molar-refractivity contribution < 1.29 is 23.2 Å². The molecular formula is C8H7F2N3O4. The van der Waals surface area contributed by atoms with E-state index in [0.717, 1.165) is 7.11 Å². The summed E-state index contributed by atoms with van der Waals surface area (Å²) in [5, 5.41) is 10.5. The summed E-state index contributed by atoms with van der Waals surface area (Å²) in [5.41, 5.74) is 3.11.